The van der Waals surface area contributed by atoms with Crippen molar-refractivity contribution in [1.82, 2.24) is 5.32 Å². The predicted octanol–water partition coefficient (Wildman–Crippen LogP) is 2.93. The van der Waals surface area contributed by atoms with E-state index in [-0.39, 0.29) is 5.91 Å². The molecule has 4 heteroatoms. The standard InChI is InChI=1S/C21H24N2O2/c1-3-4-15-18(19(22)24)23-20(25)21(2,16-11-7-5-8-12-16)17-13-9-6-10-14-17/h3,5-14,18H,1,4,15H2,2H3,(H2,22,24)(H,23,25)/t18-/m1/s1. The second-order valence-corrected chi connectivity index (χ2v) is 6.15. The molecular formula is C21H24N2O2. The summed E-state index contributed by atoms with van der Waals surface area (Å²) in [5, 5.41) is 2.83. The van der Waals surface area contributed by atoms with Crippen molar-refractivity contribution in [2.75, 3.05) is 0 Å². The zero-order valence-corrected chi connectivity index (χ0v) is 14.4. The highest BCUT2D eigenvalue weighted by Crippen LogP contribution is 2.32. The van der Waals surface area contributed by atoms with Gasteiger partial charge in [-0.1, -0.05) is 66.7 Å². The Hall–Kier alpha value is -2.88. The molecule has 2 rings (SSSR count). The molecule has 0 aliphatic rings. The highest BCUT2D eigenvalue weighted by molar-refractivity contribution is 5.95. The van der Waals surface area contributed by atoms with E-state index in [1.807, 2.05) is 67.6 Å². The maximum atomic E-state index is 13.2. The molecule has 25 heavy (non-hydrogen) atoms. The molecule has 2 aromatic carbocycles. The molecule has 1 atom stereocenters. The quantitative estimate of drug-likeness (QED) is 0.728. The van der Waals surface area contributed by atoms with Gasteiger partial charge in [-0.05, 0) is 30.9 Å². The SMILES string of the molecule is C=CCC[C@@H](NC(=O)C(C)(c1ccccc1)c1ccccc1)C(N)=O. The first-order chi connectivity index (χ1) is 12.0. The highest BCUT2D eigenvalue weighted by Gasteiger charge is 2.38. The number of carbonyl (C=O) groups is 2. The van der Waals surface area contributed by atoms with E-state index in [9.17, 15) is 9.59 Å². The third-order valence-corrected chi connectivity index (χ3v) is 4.46. The Morgan fingerprint density at radius 3 is 1.96 bits per heavy atom. The largest absolute Gasteiger partial charge is 0.368 e. The molecule has 2 aromatic rings. The van der Waals surface area contributed by atoms with Crippen molar-refractivity contribution in [1.29, 1.82) is 0 Å². The summed E-state index contributed by atoms with van der Waals surface area (Å²) in [7, 11) is 0. The van der Waals surface area contributed by atoms with E-state index in [2.05, 4.69) is 11.9 Å². The summed E-state index contributed by atoms with van der Waals surface area (Å²) in [6, 6.07) is 18.3. The molecule has 0 fully saturated rings. The molecule has 0 heterocycles. The minimum Gasteiger partial charge on any atom is -0.368 e. The van der Waals surface area contributed by atoms with Crippen LogP contribution in [0.2, 0.25) is 0 Å². The van der Waals surface area contributed by atoms with Crippen LogP contribution in [0.25, 0.3) is 0 Å². The lowest BCUT2D eigenvalue weighted by Gasteiger charge is -2.31. The van der Waals surface area contributed by atoms with Crippen molar-refractivity contribution >= 4 is 11.8 Å². The van der Waals surface area contributed by atoms with Gasteiger partial charge in [0, 0.05) is 0 Å². The predicted molar refractivity (Wildman–Crippen MR) is 99.9 cm³/mol. The molecule has 0 aromatic heterocycles. The van der Waals surface area contributed by atoms with Crippen molar-refractivity contribution in [3.63, 3.8) is 0 Å². The monoisotopic (exact) mass is 336 g/mol. The molecule has 130 valence electrons. The Balaban J connectivity index is 2.40. The van der Waals surface area contributed by atoms with E-state index >= 15 is 0 Å². The van der Waals surface area contributed by atoms with Crippen LogP contribution in [-0.2, 0) is 15.0 Å². The second-order valence-electron chi connectivity index (χ2n) is 6.15. The van der Waals surface area contributed by atoms with Gasteiger partial charge in [-0.15, -0.1) is 6.58 Å². The molecule has 3 N–H and O–H groups in total. The molecule has 0 saturated carbocycles. The van der Waals surface area contributed by atoms with Gasteiger partial charge in [-0.3, -0.25) is 9.59 Å². The Labute approximate surface area is 148 Å². The number of rotatable bonds is 8. The molecule has 0 saturated heterocycles. The molecule has 4 nitrogen and oxygen atoms in total. The van der Waals surface area contributed by atoms with Gasteiger partial charge in [-0.25, -0.2) is 0 Å². The number of primary amides is 1. The molecular weight excluding hydrogens is 312 g/mol. The molecule has 0 bridgehead atoms. The minimum atomic E-state index is -0.926. The summed E-state index contributed by atoms with van der Waals surface area (Å²) in [6.07, 6.45) is 2.74. The average Bonchev–Trinajstić information content (AvgIpc) is 2.65. The first kappa shape index (κ1) is 18.5. The van der Waals surface area contributed by atoms with Crippen molar-refractivity contribution < 1.29 is 9.59 Å². The van der Waals surface area contributed by atoms with Crippen LogP contribution in [0.5, 0.6) is 0 Å². The number of hydrogen-bond acceptors (Lipinski definition) is 2. The van der Waals surface area contributed by atoms with Gasteiger partial charge in [0.05, 0.1) is 5.41 Å². The second kappa shape index (κ2) is 8.29. The highest BCUT2D eigenvalue weighted by atomic mass is 16.2. The average molecular weight is 336 g/mol. The fourth-order valence-corrected chi connectivity index (χ4v) is 2.84. The molecule has 0 spiro atoms. The molecule has 2 amide bonds. The fourth-order valence-electron chi connectivity index (χ4n) is 2.84. The van der Waals surface area contributed by atoms with Crippen molar-refractivity contribution in [2.45, 2.75) is 31.2 Å². The van der Waals surface area contributed by atoms with Crippen LogP contribution in [0.4, 0.5) is 0 Å². The van der Waals surface area contributed by atoms with Gasteiger partial charge in [0.1, 0.15) is 6.04 Å². The van der Waals surface area contributed by atoms with Crippen LogP contribution in [-0.4, -0.2) is 17.9 Å². The molecule has 0 radical (unpaired) electrons. The van der Waals surface area contributed by atoms with E-state index in [1.165, 1.54) is 0 Å². The van der Waals surface area contributed by atoms with Crippen LogP contribution < -0.4 is 11.1 Å². The minimum absolute atomic E-state index is 0.252. The number of hydrogen-bond donors (Lipinski definition) is 2. The van der Waals surface area contributed by atoms with Gasteiger partial charge in [-0.2, -0.15) is 0 Å². The van der Waals surface area contributed by atoms with Crippen molar-refractivity contribution in [3.8, 4) is 0 Å². The van der Waals surface area contributed by atoms with Crippen LogP contribution in [0.3, 0.4) is 0 Å². The third-order valence-electron chi connectivity index (χ3n) is 4.46. The Bertz CT molecular complexity index is 687. The van der Waals surface area contributed by atoms with Gasteiger partial charge in [0.15, 0.2) is 0 Å². The van der Waals surface area contributed by atoms with Gasteiger partial charge < -0.3 is 11.1 Å². The Morgan fingerprint density at radius 1 is 1.08 bits per heavy atom. The third kappa shape index (κ3) is 4.15. The lowest BCUT2D eigenvalue weighted by Crippen LogP contribution is -2.51. The summed E-state index contributed by atoms with van der Waals surface area (Å²) in [5.41, 5.74) is 6.24. The van der Waals surface area contributed by atoms with Gasteiger partial charge >= 0.3 is 0 Å². The summed E-state index contributed by atoms with van der Waals surface area (Å²) >= 11 is 0. The number of allylic oxidation sites excluding steroid dienone is 1. The van der Waals surface area contributed by atoms with E-state index in [4.69, 9.17) is 5.73 Å². The van der Waals surface area contributed by atoms with E-state index < -0.39 is 17.4 Å². The maximum Gasteiger partial charge on any atom is 0.240 e. The van der Waals surface area contributed by atoms with E-state index in [1.54, 1.807) is 6.08 Å². The number of nitrogens with two attached hydrogens (primary N) is 1. The number of nitrogens with one attached hydrogen (secondary N) is 1. The summed E-state index contributed by atoms with van der Waals surface area (Å²) in [4.78, 5) is 24.9. The summed E-state index contributed by atoms with van der Waals surface area (Å²) in [5.74, 6) is -0.795. The number of carbonyl (C=O) groups excluding carboxylic acids is 2. The smallest absolute Gasteiger partial charge is 0.240 e. The van der Waals surface area contributed by atoms with Crippen molar-refractivity contribution in [3.05, 3.63) is 84.4 Å². The molecule has 0 aliphatic carbocycles. The van der Waals surface area contributed by atoms with Crippen molar-refractivity contribution in [2.24, 2.45) is 5.73 Å². The van der Waals surface area contributed by atoms with Crippen LogP contribution in [0.1, 0.15) is 30.9 Å². The topological polar surface area (TPSA) is 72.2 Å². The number of amides is 2. The lowest BCUT2D eigenvalue weighted by atomic mass is 9.75. The van der Waals surface area contributed by atoms with Gasteiger partial charge in [0.2, 0.25) is 11.8 Å². The molecule has 0 aliphatic heterocycles. The maximum absolute atomic E-state index is 13.2. The van der Waals surface area contributed by atoms with Gasteiger partial charge in [0.25, 0.3) is 0 Å². The first-order valence-corrected chi connectivity index (χ1v) is 8.32. The number of benzene rings is 2. The fraction of sp³-hybridized carbons (Fsp3) is 0.238. The Kier molecular flexibility index (Phi) is 6.12. The Morgan fingerprint density at radius 2 is 1.56 bits per heavy atom. The lowest BCUT2D eigenvalue weighted by molar-refractivity contribution is -0.130. The normalized spacial score (nSPS) is 12.2. The zero-order chi connectivity index (χ0) is 18.3. The zero-order valence-electron chi connectivity index (χ0n) is 14.4. The first-order valence-electron chi connectivity index (χ1n) is 8.32. The molecule has 0 unspecified atom stereocenters. The summed E-state index contributed by atoms with van der Waals surface area (Å²) in [6.45, 7) is 5.51. The van der Waals surface area contributed by atoms with Crippen LogP contribution >= 0.6 is 0 Å². The van der Waals surface area contributed by atoms with E-state index in [0.717, 1.165) is 11.1 Å². The van der Waals surface area contributed by atoms with Crippen LogP contribution in [0.15, 0.2) is 73.3 Å². The summed E-state index contributed by atoms with van der Waals surface area (Å²) < 4.78 is 0. The van der Waals surface area contributed by atoms with Crippen LogP contribution in [0, 0.1) is 0 Å². The van der Waals surface area contributed by atoms with E-state index in [0.29, 0.717) is 12.8 Å².